The molecule has 0 amide bonds. The highest BCUT2D eigenvalue weighted by Crippen LogP contribution is 2.29. The van der Waals surface area contributed by atoms with Crippen LogP contribution in [0.3, 0.4) is 0 Å². The van der Waals surface area contributed by atoms with Crippen LogP contribution >= 0.6 is 11.8 Å². The fraction of sp³-hybridized carbons (Fsp3) is 0.412. The normalized spacial score (nSPS) is 16.7. The van der Waals surface area contributed by atoms with E-state index in [0.717, 1.165) is 30.9 Å². The number of rotatable bonds is 7. The fourth-order valence-corrected chi connectivity index (χ4v) is 3.71. The van der Waals surface area contributed by atoms with Crippen LogP contribution in [0, 0.1) is 0 Å². The molecular weight excluding hydrogens is 368 g/mol. The van der Waals surface area contributed by atoms with Gasteiger partial charge in [0.25, 0.3) is 5.89 Å². The van der Waals surface area contributed by atoms with Crippen molar-refractivity contribution in [2.24, 2.45) is 5.73 Å². The van der Waals surface area contributed by atoms with Gasteiger partial charge in [0, 0.05) is 12.7 Å². The monoisotopic (exact) mass is 388 g/mol. The second kappa shape index (κ2) is 8.07. The molecule has 2 aromatic heterocycles. The molecule has 0 bridgehead atoms. The Bertz CT molecular complexity index is 906. The molecule has 0 aliphatic carbocycles. The van der Waals surface area contributed by atoms with Crippen molar-refractivity contribution in [1.29, 1.82) is 0 Å². The van der Waals surface area contributed by atoms with Crippen molar-refractivity contribution >= 4 is 11.8 Å². The molecule has 2 N–H and O–H groups in total. The van der Waals surface area contributed by atoms with Gasteiger partial charge in [-0.15, -0.1) is 10.2 Å². The first-order valence-electron chi connectivity index (χ1n) is 8.64. The Labute approximate surface area is 160 Å². The second-order valence-electron chi connectivity index (χ2n) is 5.98. The Kier molecular flexibility index (Phi) is 5.37. The third-order valence-corrected chi connectivity index (χ3v) is 5.14. The first-order chi connectivity index (χ1) is 13.3. The van der Waals surface area contributed by atoms with E-state index in [1.165, 1.54) is 11.8 Å². The smallest absolute Gasteiger partial charge is 0.255 e. The lowest BCUT2D eigenvalue weighted by Crippen LogP contribution is -2.08. The van der Waals surface area contributed by atoms with E-state index in [1.54, 1.807) is 7.11 Å². The van der Waals surface area contributed by atoms with E-state index in [0.29, 0.717) is 28.4 Å². The molecule has 9 nitrogen and oxygen atoms in total. The number of hydrogen-bond acceptors (Lipinski definition) is 9. The molecular formula is C17H20N6O3S. The average molecular weight is 388 g/mol. The van der Waals surface area contributed by atoms with Crippen LogP contribution < -0.4 is 10.5 Å². The summed E-state index contributed by atoms with van der Waals surface area (Å²) in [6, 6.07) is 7.67. The predicted molar refractivity (Wildman–Crippen MR) is 97.6 cm³/mol. The van der Waals surface area contributed by atoms with E-state index in [-0.39, 0.29) is 12.6 Å². The minimum atomic E-state index is -0.0828. The number of hydrogen-bond donors (Lipinski definition) is 1. The van der Waals surface area contributed by atoms with E-state index >= 15 is 0 Å². The molecule has 27 heavy (non-hydrogen) atoms. The summed E-state index contributed by atoms with van der Waals surface area (Å²) in [5.41, 5.74) is 6.72. The lowest BCUT2D eigenvalue weighted by Gasteiger charge is -2.10. The van der Waals surface area contributed by atoms with Gasteiger partial charge in [0.2, 0.25) is 0 Å². The number of thioether (sulfide) groups is 1. The lowest BCUT2D eigenvalue weighted by atomic mass is 10.2. The van der Waals surface area contributed by atoms with Gasteiger partial charge in [-0.3, -0.25) is 4.57 Å². The molecule has 1 aliphatic rings. The summed E-state index contributed by atoms with van der Waals surface area (Å²) in [7, 11) is 1.63. The molecule has 10 heteroatoms. The van der Waals surface area contributed by atoms with Gasteiger partial charge >= 0.3 is 0 Å². The molecule has 1 saturated heterocycles. The van der Waals surface area contributed by atoms with Crippen LogP contribution in [0.1, 0.15) is 36.5 Å². The maximum atomic E-state index is 5.83. The molecule has 0 spiro atoms. The summed E-state index contributed by atoms with van der Waals surface area (Å²) in [5, 5.41) is 13.2. The van der Waals surface area contributed by atoms with E-state index in [1.807, 2.05) is 28.8 Å². The van der Waals surface area contributed by atoms with Gasteiger partial charge in [-0.2, -0.15) is 4.98 Å². The number of nitrogens with two attached hydrogens (primary N) is 1. The fourth-order valence-electron chi connectivity index (χ4n) is 2.89. The zero-order chi connectivity index (χ0) is 18.6. The zero-order valence-corrected chi connectivity index (χ0v) is 15.7. The summed E-state index contributed by atoms with van der Waals surface area (Å²) in [6.45, 7) is 1.01. The van der Waals surface area contributed by atoms with Crippen LogP contribution in [0.25, 0.3) is 5.69 Å². The van der Waals surface area contributed by atoms with Crippen molar-refractivity contribution in [1.82, 2.24) is 24.9 Å². The van der Waals surface area contributed by atoms with Gasteiger partial charge in [-0.1, -0.05) is 23.0 Å². The topological polar surface area (TPSA) is 114 Å². The van der Waals surface area contributed by atoms with E-state index in [4.69, 9.17) is 19.7 Å². The first kappa shape index (κ1) is 18.0. The molecule has 4 rings (SSSR count). The van der Waals surface area contributed by atoms with Crippen LogP contribution in [0.4, 0.5) is 0 Å². The van der Waals surface area contributed by atoms with Crippen molar-refractivity contribution in [3.63, 3.8) is 0 Å². The van der Waals surface area contributed by atoms with Crippen LogP contribution in [0.15, 0.2) is 33.9 Å². The third kappa shape index (κ3) is 3.82. The highest BCUT2D eigenvalue weighted by molar-refractivity contribution is 7.98. The SMILES string of the molecule is COc1cccc(-n2c(CN)nnc2SCc2noc([C@@H]3CCCO3)n2)c1. The number of nitrogens with zero attached hydrogens (tertiary/aromatic N) is 5. The number of ether oxygens (including phenoxy) is 2. The third-order valence-electron chi connectivity index (χ3n) is 4.21. The molecule has 3 heterocycles. The Hall–Kier alpha value is -2.43. The molecule has 0 saturated carbocycles. The minimum absolute atomic E-state index is 0.0828. The zero-order valence-electron chi connectivity index (χ0n) is 14.9. The van der Waals surface area contributed by atoms with Crippen LogP contribution in [-0.2, 0) is 17.0 Å². The second-order valence-corrected chi connectivity index (χ2v) is 6.92. The molecule has 0 unspecified atom stereocenters. The van der Waals surface area contributed by atoms with Crippen molar-refractivity contribution in [3.8, 4) is 11.4 Å². The average Bonchev–Trinajstić information content (AvgIpc) is 3.46. The molecule has 0 radical (unpaired) electrons. The summed E-state index contributed by atoms with van der Waals surface area (Å²) in [5.74, 6) is 3.06. The Balaban J connectivity index is 1.53. The molecule has 1 aromatic carbocycles. The van der Waals surface area contributed by atoms with Crippen molar-refractivity contribution < 1.29 is 14.0 Å². The van der Waals surface area contributed by atoms with Crippen molar-refractivity contribution in [3.05, 3.63) is 41.8 Å². The summed E-state index contributed by atoms with van der Waals surface area (Å²) in [4.78, 5) is 4.44. The van der Waals surface area contributed by atoms with Gasteiger partial charge < -0.3 is 19.7 Å². The number of methoxy groups -OCH3 is 1. The summed E-state index contributed by atoms with van der Waals surface area (Å²) >= 11 is 1.47. The van der Waals surface area contributed by atoms with Crippen molar-refractivity contribution in [2.45, 2.75) is 36.4 Å². The maximum Gasteiger partial charge on any atom is 0.255 e. The van der Waals surface area contributed by atoms with Gasteiger partial charge in [0.05, 0.1) is 25.1 Å². The number of benzene rings is 1. The largest absolute Gasteiger partial charge is 0.497 e. The maximum absolute atomic E-state index is 5.83. The Morgan fingerprint density at radius 2 is 2.30 bits per heavy atom. The number of aromatic nitrogens is 5. The lowest BCUT2D eigenvalue weighted by molar-refractivity contribution is 0.0835. The molecule has 1 aliphatic heterocycles. The standard InChI is InChI=1S/C17H20N6O3S/c1-24-12-5-2-4-11(8-12)23-15(9-18)20-21-17(23)27-10-14-19-16(26-22-14)13-6-3-7-25-13/h2,4-5,8,13H,3,6-7,9-10,18H2,1H3/t13-/m0/s1. The van der Waals surface area contributed by atoms with Crippen LogP contribution in [0.5, 0.6) is 5.75 Å². The molecule has 1 fully saturated rings. The quantitative estimate of drug-likeness (QED) is 0.609. The van der Waals surface area contributed by atoms with E-state index < -0.39 is 0 Å². The highest BCUT2D eigenvalue weighted by atomic mass is 32.2. The molecule has 3 aromatic rings. The predicted octanol–water partition coefficient (Wildman–Crippen LogP) is 2.26. The van der Waals surface area contributed by atoms with Gasteiger partial charge in [0.15, 0.2) is 16.8 Å². The van der Waals surface area contributed by atoms with E-state index in [2.05, 4.69) is 20.3 Å². The summed E-state index contributed by atoms with van der Waals surface area (Å²) in [6.07, 6.45) is 1.85. The molecule has 142 valence electrons. The van der Waals surface area contributed by atoms with E-state index in [9.17, 15) is 0 Å². The Morgan fingerprint density at radius 1 is 1.37 bits per heavy atom. The van der Waals surface area contributed by atoms with Crippen molar-refractivity contribution in [2.75, 3.05) is 13.7 Å². The van der Waals surface area contributed by atoms with Gasteiger partial charge in [-0.25, -0.2) is 0 Å². The van der Waals surface area contributed by atoms with Gasteiger partial charge in [0.1, 0.15) is 11.9 Å². The highest BCUT2D eigenvalue weighted by Gasteiger charge is 2.24. The first-order valence-corrected chi connectivity index (χ1v) is 9.62. The van der Waals surface area contributed by atoms with Crippen LogP contribution in [-0.4, -0.2) is 38.6 Å². The minimum Gasteiger partial charge on any atom is -0.497 e. The molecule has 1 atom stereocenters. The van der Waals surface area contributed by atoms with Gasteiger partial charge in [-0.05, 0) is 25.0 Å². The Morgan fingerprint density at radius 3 is 3.07 bits per heavy atom. The summed E-state index contributed by atoms with van der Waals surface area (Å²) < 4.78 is 18.1. The van der Waals surface area contributed by atoms with Crippen LogP contribution in [0.2, 0.25) is 0 Å².